The van der Waals surface area contributed by atoms with Crippen molar-refractivity contribution in [2.24, 2.45) is 11.7 Å². The molecular weight excluding hydrogens is 200 g/mol. The van der Waals surface area contributed by atoms with Crippen LogP contribution in [-0.4, -0.2) is 35.2 Å². The molecule has 0 saturated heterocycles. The summed E-state index contributed by atoms with van der Waals surface area (Å²) in [6, 6.07) is -0.526. The van der Waals surface area contributed by atoms with Crippen molar-refractivity contribution in [2.45, 2.75) is 25.9 Å². The van der Waals surface area contributed by atoms with Crippen molar-refractivity contribution in [2.75, 3.05) is 14.2 Å². The molecule has 3 N–H and O–H groups in total. The van der Waals surface area contributed by atoms with E-state index in [4.69, 9.17) is 14.6 Å². The molecule has 0 aromatic rings. The number of carbonyl (C=O) groups excluding carboxylic acids is 1. The monoisotopic (exact) mass is 220 g/mol. The molecule has 0 aliphatic carbocycles. The van der Waals surface area contributed by atoms with Gasteiger partial charge in [-0.3, -0.25) is 0 Å². The molecule has 0 radical (unpaired) electrons. The van der Waals surface area contributed by atoms with Gasteiger partial charge in [-0.15, -0.1) is 0 Å². The van der Waals surface area contributed by atoms with Gasteiger partial charge in [-0.25, -0.2) is 4.79 Å². The fraction of sp³-hybridized carbons (Fsp3) is 0.875. The average Bonchev–Trinajstić information content (AvgIpc) is 2.03. The lowest BCUT2D eigenvalue weighted by molar-refractivity contribution is 0.232. The van der Waals surface area contributed by atoms with Gasteiger partial charge in [0.25, 0.3) is 0 Å². The number of rotatable bonds is 6. The first-order valence-corrected chi connectivity index (χ1v) is 6.23. The predicted octanol–water partition coefficient (Wildman–Crippen LogP) is 0.122. The first-order chi connectivity index (χ1) is 6.51. The standard InChI is InChI=1S/C8H20N2O3Si/c1-6(2)5-7(10-8(9)11)14(12-3)13-4/h6-7,14H,5H2,1-4H3,(H3,9,10,11). The van der Waals surface area contributed by atoms with Gasteiger partial charge in [-0.2, -0.15) is 0 Å². The van der Waals surface area contributed by atoms with Gasteiger partial charge < -0.3 is 19.9 Å². The van der Waals surface area contributed by atoms with Crippen molar-refractivity contribution in [3.63, 3.8) is 0 Å². The lowest BCUT2D eigenvalue weighted by Crippen LogP contribution is -2.50. The van der Waals surface area contributed by atoms with Crippen molar-refractivity contribution in [3.8, 4) is 0 Å². The van der Waals surface area contributed by atoms with Crippen LogP contribution in [0.3, 0.4) is 0 Å². The summed E-state index contributed by atoms with van der Waals surface area (Å²) in [6.07, 6.45) is 0.821. The lowest BCUT2D eigenvalue weighted by atomic mass is 10.1. The molecule has 0 spiro atoms. The maximum atomic E-state index is 10.7. The summed E-state index contributed by atoms with van der Waals surface area (Å²) in [5.74, 6) is 0.465. The number of primary amides is 1. The molecule has 0 bridgehead atoms. The van der Waals surface area contributed by atoms with Crippen LogP contribution in [0.5, 0.6) is 0 Å². The first kappa shape index (κ1) is 13.4. The van der Waals surface area contributed by atoms with Gasteiger partial charge in [0.2, 0.25) is 0 Å². The molecule has 0 fully saturated rings. The summed E-state index contributed by atoms with van der Waals surface area (Å²) < 4.78 is 10.4. The van der Waals surface area contributed by atoms with Crippen LogP contribution in [0.25, 0.3) is 0 Å². The van der Waals surface area contributed by atoms with E-state index in [2.05, 4.69) is 19.2 Å². The molecule has 0 heterocycles. The van der Waals surface area contributed by atoms with E-state index in [0.717, 1.165) is 6.42 Å². The SMILES string of the molecule is CO[SiH](OC)C(CC(C)C)NC(N)=O. The molecule has 5 nitrogen and oxygen atoms in total. The summed E-state index contributed by atoms with van der Waals surface area (Å²) in [7, 11) is 1.36. The third kappa shape index (κ3) is 5.20. The van der Waals surface area contributed by atoms with E-state index in [-0.39, 0.29) is 5.67 Å². The van der Waals surface area contributed by atoms with Gasteiger partial charge in [-0.1, -0.05) is 13.8 Å². The lowest BCUT2D eigenvalue weighted by Gasteiger charge is -2.24. The van der Waals surface area contributed by atoms with Gasteiger partial charge in [0.15, 0.2) is 0 Å². The Morgan fingerprint density at radius 3 is 2.21 bits per heavy atom. The summed E-state index contributed by atoms with van der Waals surface area (Å²) in [6.45, 7) is 4.15. The molecule has 1 atom stereocenters. The van der Waals surface area contributed by atoms with Gasteiger partial charge in [0, 0.05) is 14.2 Å². The Balaban J connectivity index is 4.27. The summed E-state index contributed by atoms with van der Waals surface area (Å²) in [5.41, 5.74) is 5.01. The molecule has 0 aromatic carbocycles. The number of hydrogen-bond acceptors (Lipinski definition) is 3. The third-order valence-electron chi connectivity index (χ3n) is 1.85. The Bertz CT molecular complexity index is 174. The van der Waals surface area contributed by atoms with Crippen molar-refractivity contribution < 1.29 is 13.6 Å². The van der Waals surface area contributed by atoms with Crippen LogP contribution < -0.4 is 11.1 Å². The second-order valence-corrected chi connectivity index (χ2v) is 6.07. The van der Waals surface area contributed by atoms with Crippen molar-refractivity contribution >= 4 is 15.3 Å². The van der Waals surface area contributed by atoms with E-state index in [0.29, 0.717) is 5.92 Å². The molecule has 0 aromatic heterocycles. The topological polar surface area (TPSA) is 73.6 Å². The van der Waals surface area contributed by atoms with E-state index in [1.54, 1.807) is 14.2 Å². The number of carbonyl (C=O) groups is 1. The summed E-state index contributed by atoms with van der Waals surface area (Å²) in [5, 5.41) is 2.66. The number of hydrogen-bond donors (Lipinski definition) is 2. The fourth-order valence-electron chi connectivity index (χ4n) is 1.35. The quantitative estimate of drug-likeness (QED) is 0.625. The molecule has 0 rings (SSSR count). The number of urea groups is 1. The third-order valence-corrected chi connectivity index (χ3v) is 3.87. The fourth-order valence-corrected chi connectivity index (χ4v) is 3.27. The van der Waals surface area contributed by atoms with Gasteiger partial charge in [-0.05, 0) is 12.3 Å². The van der Waals surface area contributed by atoms with E-state index in [1.165, 1.54) is 0 Å². The van der Waals surface area contributed by atoms with Crippen molar-refractivity contribution in [3.05, 3.63) is 0 Å². The largest absolute Gasteiger partial charge is 0.399 e. The Kier molecular flexibility index (Phi) is 6.51. The molecule has 14 heavy (non-hydrogen) atoms. The predicted molar refractivity (Wildman–Crippen MR) is 57.1 cm³/mol. The van der Waals surface area contributed by atoms with E-state index in [9.17, 15) is 4.79 Å². The maximum absolute atomic E-state index is 10.7. The molecule has 84 valence electrons. The van der Waals surface area contributed by atoms with Crippen LogP contribution in [0.15, 0.2) is 0 Å². The van der Waals surface area contributed by atoms with E-state index in [1.807, 2.05) is 0 Å². The molecule has 0 saturated carbocycles. The molecule has 0 aliphatic heterocycles. The van der Waals surface area contributed by atoms with Gasteiger partial charge in [0.05, 0.1) is 5.67 Å². The summed E-state index contributed by atoms with van der Waals surface area (Å²) >= 11 is 0. The zero-order chi connectivity index (χ0) is 11.1. The van der Waals surface area contributed by atoms with Gasteiger partial charge >= 0.3 is 15.3 Å². The minimum Gasteiger partial charge on any atom is -0.399 e. The Morgan fingerprint density at radius 2 is 1.93 bits per heavy atom. The maximum Gasteiger partial charge on any atom is 0.344 e. The normalized spacial score (nSPS) is 13.3. The van der Waals surface area contributed by atoms with Crippen LogP contribution in [-0.2, 0) is 8.85 Å². The molecule has 6 heteroatoms. The van der Waals surface area contributed by atoms with Crippen LogP contribution in [0.4, 0.5) is 4.79 Å². The molecule has 0 aliphatic rings. The van der Waals surface area contributed by atoms with Crippen LogP contribution in [0, 0.1) is 5.92 Å². The zero-order valence-corrected chi connectivity index (χ0v) is 10.4. The Labute approximate surface area is 86.8 Å². The molecule has 2 amide bonds. The Hall–Kier alpha value is -0.593. The number of nitrogens with two attached hydrogens (primary N) is 1. The highest BCUT2D eigenvalue weighted by molar-refractivity contribution is 6.46. The van der Waals surface area contributed by atoms with Crippen LogP contribution >= 0.6 is 0 Å². The first-order valence-electron chi connectivity index (χ1n) is 4.62. The minimum atomic E-state index is -1.83. The number of amides is 2. The second kappa shape index (κ2) is 6.80. The second-order valence-electron chi connectivity index (χ2n) is 3.58. The molecular formula is C8H20N2O3Si. The highest BCUT2D eigenvalue weighted by atomic mass is 28.3. The number of nitrogens with one attached hydrogen (secondary N) is 1. The Morgan fingerprint density at radius 1 is 1.43 bits per heavy atom. The van der Waals surface area contributed by atoms with Crippen molar-refractivity contribution in [1.82, 2.24) is 5.32 Å². The van der Waals surface area contributed by atoms with Crippen LogP contribution in [0.1, 0.15) is 20.3 Å². The molecule has 1 unspecified atom stereocenters. The van der Waals surface area contributed by atoms with E-state index >= 15 is 0 Å². The zero-order valence-electron chi connectivity index (χ0n) is 9.24. The highest BCUT2D eigenvalue weighted by Crippen LogP contribution is 2.08. The average molecular weight is 220 g/mol. The minimum absolute atomic E-state index is 0.0671. The summed E-state index contributed by atoms with van der Waals surface area (Å²) in [4.78, 5) is 10.7. The highest BCUT2D eigenvalue weighted by Gasteiger charge is 2.26. The van der Waals surface area contributed by atoms with Crippen molar-refractivity contribution in [1.29, 1.82) is 0 Å². The smallest absolute Gasteiger partial charge is 0.344 e. The van der Waals surface area contributed by atoms with Gasteiger partial charge in [0.1, 0.15) is 0 Å². The van der Waals surface area contributed by atoms with Crippen LogP contribution in [0.2, 0.25) is 0 Å². The van der Waals surface area contributed by atoms with E-state index < -0.39 is 15.3 Å².